The molecule has 0 spiro atoms. The first-order chi connectivity index (χ1) is 7.65. The van der Waals surface area contributed by atoms with Crippen LogP contribution in [-0.2, 0) is 11.2 Å². The van der Waals surface area contributed by atoms with E-state index in [0.717, 1.165) is 6.42 Å². The van der Waals surface area contributed by atoms with E-state index in [1.165, 1.54) is 5.56 Å². The lowest BCUT2D eigenvalue weighted by atomic mass is 10.1. The van der Waals surface area contributed by atoms with Crippen LogP contribution in [0.5, 0.6) is 0 Å². The Morgan fingerprint density at radius 3 is 2.56 bits per heavy atom. The molecule has 3 heteroatoms. The molecule has 16 heavy (non-hydrogen) atoms. The van der Waals surface area contributed by atoms with Gasteiger partial charge in [0, 0.05) is 13.6 Å². The number of rotatable bonds is 5. The average molecular weight is 220 g/mol. The van der Waals surface area contributed by atoms with Gasteiger partial charge in [-0.1, -0.05) is 30.3 Å². The van der Waals surface area contributed by atoms with Gasteiger partial charge in [0.25, 0.3) is 0 Å². The number of likely N-dealkylation sites (N-methyl/N-ethyl adjacent to an activating group) is 1. The van der Waals surface area contributed by atoms with E-state index >= 15 is 0 Å². The number of hydrogen-bond acceptors (Lipinski definition) is 2. The van der Waals surface area contributed by atoms with Crippen molar-refractivity contribution in [1.29, 1.82) is 0 Å². The summed E-state index contributed by atoms with van der Waals surface area (Å²) in [6.07, 6.45) is 1.55. The zero-order valence-electron chi connectivity index (χ0n) is 10.0. The standard InChI is InChI=1S/C13H20N2O/c1-3-15(2)13(16)12(14)10-9-11-7-5-4-6-8-11/h4-8,12H,3,9-10,14H2,1-2H3/t12-/m0/s1. The monoisotopic (exact) mass is 220 g/mol. The summed E-state index contributed by atoms with van der Waals surface area (Å²) in [6.45, 7) is 2.65. The van der Waals surface area contributed by atoms with Crippen LogP contribution in [0, 0.1) is 0 Å². The molecule has 0 aliphatic rings. The molecule has 0 aliphatic carbocycles. The third-order valence-corrected chi connectivity index (χ3v) is 2.75. The molecule has 0 bridgehead atoms. The summed E-state index contributed by atoms with van der Waals surface area (Å²) in [5, 5.41) is 0. The Hall–Kier alpha value is -1.35. The van der Waals surface area contributed by atoms with Gasteiger partial charge in [0.05, 0.1) is 6.04 Å². The molecule has 0 saturated heterocycles. The van der Waals surface area contributed by atoms with Crippen LogP contribution >= 0.6 is 0 Å². The number of nitrogens with two attached hydrogens (primary N) is 1. The number of carbonyl (C=O) groups is 1. The minimum atomic E-state index is -0.384. The van der Waals surface area contributed by atoms with Crippen LogP contribution in [0.15, 0.2) is 30.3 Å². The lowest BCUT2D eigenvalue weighted by Gasteiger charge is -2.19. The van der Waals surface area contributed by atoms with E-state index in [-0.39, 0.29) is 11.9 Å². The molecule has 0 aliphatic heterocycles. The third-order valence-electron chi connectivity index (χ3n) is 2.75. The van der Waals surface area contributed by atoms with Gasteiger partial charge >= 0.3 is 0 Å². The first-order valence-corrected chi connectivity index (χ1v) is 5.69. The van der Waals surface area contributed by atoms with Crippen molar-refractivity contribution in [2.24, 2.45) is 5.73 Å². The topological polar surface area (TPSA) is 46.3 Å². The summed E-state index contributed by atoms with van der Waals surface area (Å²) in [4.78, 5) is 13.4. The van der Waals surface area contributed by atoms with E-state index < -0.39 is 0 Å². The quantitative estimate of drug-likeness (QED) is 0.816. The molecule has 3 nitrogen and oxygen atoms in total. The number of aryl methyl sites for hydroxylation is 1. The molecular formula is C13H20N2O. The van der Waals surface area contributed by atoms with E-state index in [2.05, 4.69) is 12.1 Å². The Bertz CT molecular complexity index is 324. The lowest BCUT2D eigenvalue weighted by molar-refractivity contribution is -0.131. The zero-order chi connectivity index (χ0) is 12.0. The smallest absolute Gasteiger partial charge is 0.239 e. The van der Waals surface area contributed by atoms with Crippen LogP contribution in [0.4, 0.5) is 0 Å². The molecule has 1 atom stereocenters. The summed E-state index contributed by atoms with van der Waals surface area (Å²) >= 11 is 0. The van der Waals surface area contributed by atoms with Crippen molar-refractivity contribution in [3.8, 4) is 0 Å². The second kappa shape index (κ2) is 6.28. The Labute approximate surface area is 97.2 Å². The van der Waals surface area contributed by atoms with Crippen LogP contribution in [-0.4, -0.2) is 30.4 Å². The fourth-order valence-corrected chi connectivity index (χ4v) is 1.53. The molecule has 0 fully saturated rings. The van der Waals surface area contributed by atoms with E-state index in [1.807, 2.05) is 25.1 Å². The van der Waals surface area contributed by atoms with Crippen LogP contribution < -0.4 is 5.73 Å². The van der Waals surface area contributed by atoms with Crippen molar-refractivity contribution in [2.75, 3.05) is 13.6 Å². The van der Waals surface area contributed by atoms with Crippen LogP contribution in [0.1, 0.15) is 18.9 Å². The van der Waals surface area contributed by atoms with E-state index in [0.29, 0.717) is 13.0 Å². The second-order valence-corrected chi connectivity index (χ2v) is 3.98. The summed E-state index contributed by atoms with van der Waals surface area (Å²) in [6, 6.07) is 9.72. The fourth-order valence-electron chi connectivity index (χ4n) is 1.53. The second-order valence-electron chi connectivity index (χ2n) is 3.98. The Balaban J connectivity index is 2.41. The van der Waals surface area contributed by atoms with Gasteiger partial charge in [-0.05, 0) is 25.3 Å². The molecule has 2 N–H and O–H groups in total. The molecule has 0 radical (unpaired) electrons. The Kier molecular flexibility index (Phi) is 4.99. The first-order valence-electron chi connectivity index (χ1n) is 5.69. The molecule has 0 heterocycles. The van der Waals surface area contributed by atoms with Crippen molar-refractivity contribution in [3.05, 3.63) is 35.9 Å². The van der Waals surface area contributed by atoms with Crippen molar-refractivity contribution in [3.63, 3.8) is 0 Å². The van der Waals surface area contributed by atoms with Crippen molar-refractivity contribution >= 4 is 5.91 Å². The molecule has 1 aromatic carbocycles. The highest BCUT2D eigenvalue weighted by atomic mass is 16.2. The van der Waals surface area contributed by atoms with Gasteiger partial charge in [-0.3, -0.25) is 4.79 Å². The minimum Gasteiger partial charge on any atom is -0.345 e. The lowest BCUT2D eigenvalue weighted by Crippen LogP contribution is -2.41. The molecule has 88 valence electrons. The number of nitrogens with zero attached hydrogens (tertiary/aromatic N) is 1. The third kappa shape index (κ3) is 3.66. The van der Waals surface area contributed by atoms with Gasteiger partial charge in [0.1, 0.15) is 0 Å². The van der Waals surface area contributed by atoms with E-state index in [1.54, 1.807) is 11.9 Å². The highest BCUT2D eigenvalue weighted by molar-refractivity contribution is 5.81. The van der Waals surface area contributed by atoms with E-state index in [9.17, 15) is 4.79 Å². The summed E-state index contributed by atoms with van der Waals surface area (Å²) in [5.74, 6) is 0.0263. The number of amides is 1. The Morgan fingerprint density at radius 1 is 1.38 bits per heavy atom. The normalized spacial score (nSPS) is 12.2. The molecule has 0 saturated carbocycles. The van der Waals surface area contributed by atoms with Crippen molar-refractivity contribution < 1.29 is 4.79 Å². The molecular weight excluding hydrogens is 200 g/mol. The Morgan fingerprint density at radius 2 is 2.00 bits per heavy atom. The maximum absolute atomic E-state index is 11.7. The predicted octanol–water partition coefficient (Wildman–Crippen LogP) is 1.42. The van der Waals surface area contributed by atoms with Gasteiger partial charge in [0.2, 0.25) is 5.91 Å². The zero-order valence-corrected chi connectivity index (χ0v) is 10.0. The molecule has 1 rings (SSSR count). The average Bonchev–Trinajstić information content (AvgIpc) is 2.35. The number of benzene rings is 1. The van der Waals surface area contributed by atoms with Gasteiger partial charge < -0.3 is 10.6 Å². The summed E-state index contributed by atoms with van der Waals surface area (Å²) in [5.41, 5.74) is 7.08. The summed E-state index contributed by atoms with van der Waals surface area (Å²) < 4.78 is 0. The fraction of sp³-hybridized carbons (Fsp3) is 0.462. The maximum atomic E-state index is 11.7. The molecule has 1 aromatic rings. The van der Waals surface area contributed by atoms with Crippen molar-refractivity contribution in [1.82, 2.24) is 4.90 Å². The first kappa shape index (κ1) is 12.7. The number of hydrogen-bond donors (Lipinski definition) is 1. The largest absolute Gasteiger partial charge is 0.345 e. The van der Waals surface area contributed by atoms with Gasteiger partial charge in [0.15, 0.2) is 0 Å². The number of carbonyl (C=O) groups excluding carboxylic acids is 1. The highest BCUT2D eigenvalue weighted by Crippen LogP contribution is 2.05. The van der Waals surface area contributed by atoms with Crippen LogP contribution in [0.2, 0.25) is 0 Å². The summed E-state index contributed by atoms with van der Waals surface area (Å²) in [7, 11) is 1.78. The van der Waals surface area contributed by atoms with Gasteiger partial charge in [-0.15, -0.1) is 0 Å². The maximum Gasteiger partial charge on any atom is 0.239 e. The SMILES string of the molecule is CCN(C)C(=O)[C@@H](N)CCc1ccccc1. The van der Waals surface area contributed by atoms with Crippen molar-refractivity contribution in [2.45, 2.75) is 25.8 Å². The van der Waals surface area contributed by atoms with E-state index in [4.69, 9.17) is 5.73 Å². The predicted molar refractivity (Wildman–Crippen MR) is 66.0 cm³/mol. The highest BCUT2D eigenvalue weighted by Gasteiger charge is 2.16. The van der Waals surface area contributed by atoms with Gasteiger partial charge in [-0.2, -0.15) is 0 Å². The molecule has 1 amide bonds. The van der Waals surface area contributed by atoms with Gasteiger partial charge in [-0.25, -0.2) is 0 Å². The van der Waals surface area contributed by atoms with Crippen LogP contribution in [0.3, 0.4) is 0 Å². The minimum absolute atomic E-state index is 0.0263. The molecule has 0 unspecified atom stereocenters. The molecule has 0 aromatic heterocycles. The van der Waals surface area contributed by atoms with Crippen LogP contribution in [0.25, 0.3) is 0 Å².